The van der Waals surface area contributed by atoms with E-state index in [-0.39, 0.29) is 30.1 Å². The van der Waals surface area contributed by atoms with Crippen molar-refractivity contribution in [3.63, 3.8) is 0 Å². The number of hydrogen-bond donors (Lipinski definition) is 0. The van der Waals surface area contributed by atoms with Gasteiger partial charge in [-0.1, -0.05) is 12.1 Å². The number of halogens is 1. The molecule has 1 saturated heterocycles. The average Bonchev–Trinajstić information content (AvgIpc) is 3.25. The van der Waals surface area contributed by atoms with Gasteiger partial charge in [-0.3, -0.25) is 9.59 Å². The number of nitrogens with zero attached hydrogens (tertiary/aromatic N) is 5. The van der Waals surface area contributed by atoms with Gasteiger partial charge in [-0.25, -0.2) is 4.39 Å². The first-order chi connectivity index (χ1) is 13.5. The first-order valence-electron chi connectivity index (χ1n) is 9.74. The third-order valence-electron chi connectivity index (χ3n) is 5.64. The van der Waals surface area contributed by atoms with E-state index < -0.39 is 0 Å². The Balaban J connectivity index is 1.51. The summed E-state index contributed by atoms with van der Waals surface area (Å²) < 4.78 is 15.2. The van der Waals surface area contributed by atoms with Gasteiger partial charge < -0.3 is 14.4 Å². The fraction of sp³-hybridized carbons (Fsp3) is 0.500. The number of fused-ring (bicyclic) bond motifs is 1. The minimum Gasteiger partial charge on any atom is -0.341 e. The molecule has 0 saturated carbocycles. The molecule has 0 bridgehead atoms. The summed E-state index contributed by atoms with van der Waals surface area (Å²) in [6.45, 7) is 4.19. The summed E-state index contributed by atoms with van der Waals surface area (Å²) >= 11 is 0. The van der Waals surface area contributed by atoms with Crippen molar-refractivity contribution in [1.29, 1.82) is 0 Å². The Morgan fingerprint density at radius 1 is 1.11 bits per heavy atom. The van der Waals surface area contributed by atoms with Gasteiger partial charge in [0.1, 0.15) is 11.6 Å². The fourth-order valence-corrected chi connectivity index (χ4v) is 4.12. The molecule has 1 aromatic carbocycles. The van der Waals surface area contributed by atoms with Crippen LogP contribution >= 0.6 is 0 Å². The molecule has 3 heterocycles. The van der Waals surface area contributed by atoms with Crippen LogP contribution in [-0.4, -0.2) is 56.0 Å². The Labute approximate surface area is 163 Å². The summed E-state index contributed by atoms with van der Waals surface area (Å²) in [5, 5.41) is 8.75. The van der Waals surface area contributed by atoms with E-state index in [0.29, 0.717) is 32.6 Å². The lowest BCUT2D eigenvalue weighted by Gasteiger charge is -2.25. The van der Waals surface area contributed by atoms with Crippen LogP contribution < -0.4 is 0 Å². The van der Waals surface area contributed by atoms with Crippen LogP contribution in [0.25, 0.3) is 0 Å². The maximum absolute atomic E-state index is 13.1. The molecule has 1 atom stereocenters. The van der Waals surface area contributed by atoms with Gasteiger partial charge in [0.2, 0.25) is 11.8 Å². The second-order valence-electron chi connectivity index (χ2n) is 7.43. The molecule has 0 spiro atoms. The normalized spacial score (nSPS) is 19.4. The Hall–Kier alpha value is -2.77. The van der Waals surface area contributed by atoms with Crippen molar-refractivity contribution in [3.05, 3.63) is 47.3 Å². The molecule has 0 N–H and O–H groups in total. The van der Waals surface area contributed by atoms with Gasteiger partial charge >= 0.3 is 0 Å². The van der Waals surface area contributed by atoms with Gasteiger partial charge in [-0.2, -0.15) is 0 Å². The van der Waals surface area contributed by atoms with Gasteiger partial charge in [0.25, 0.3) is 0 Å². The Morgan fingerprint density at radius 3 is 2.64 bits per heavy atom. The Bertz CT molecular complexity index is 879. The van der Waals surface area contributed by atoms with Crippen LogP contribution in [0.5, 0.6) is 0 Å². The zero-order chi connectivity index (χ0) is 19.7. The highest BCUT2D eigenvalue weighted by molar-refractivity contribution is 5.79. The second kappa shape index (κ2) is 7.69. The van der Waals surface area contributed by atoms with E-state index in [1.54, 1.807) is 19.1 Å². The molecule has 1 aromatic heterocycles. The molecule has 0 aliphatic carbocycles. The molecule has 1 fully saturated rings. The molecule has 8 heteroatoms. The summed E-state index contributed by atoms with van der Waals surface area (Å²) in [5.41, 5.74) is 0.800. The van der Waals surface area contributed by atoms with Gasteiger partial charge in [-0.15, -0.1) is 10.2 Å². The predicted molar refractivity (Wildman–Crippen MR) is 99.8 cm³/mol. The molecule has 28 heavy (non-hydrogen) atoms. The van der Waals surface area contributed by atoms with E-state index in [4.69, 9.17) is 0 Å². The first-order valence-corrected chi connectivity index (χ1v) is 9.74. The topological polar surface area (TPSA) is 71.3 Å². The molecule has 7 nitrogen and oxygen atoms in total. The highest BCUT2D eigenvalue weighted by Gasteiger charge is 2.34. The van der Waals surface area contributed by atoms with E-state index in [1.165, 1.54) is 12.1 Å². The summed E-state index contributed by atoms with van der Waals surface area (Å²) in [7, 11) is 0. The lowest BCUT2D eigenvalue weighted by molar-refractivity contribution is -0.131. The quantitative estimate of drug-likeness (QED) is 0.807. The minimum absolute atomic E-state index is 0.0189. The maximum atomic E-state index is 13.1. The molecular formula is C20H24FN5O2. The number of hydrogen-bond acceptors (Lipinski definition) is 4. The number of rotatable bonds is 3. The van der Waals surface area contributed by atoms with Crippen LogP contribution in [0.1, 0.15) is 43.0 Å². The van der Waals surface area contributed by atoms with E-state index >= 15 is 0 Å². The van der Waals surface area contributed by atoms with Crippen molar-refractivity contribution >= 4 is 11.8 Å². The van der Waals surface area contributed by atoms with Gasteiger partial charge in [0.15, 0.2) is 5.82 Å². The largest absolute Gasteiger partial charge is 0.341 e. The first kappa shape index (κ1) is 18.6. The highest BCUT2D eigenvalue weighted by atomic mass is 19.1. The van der Waals surface area contributed by atoms with Crippen LogP contribution in [0.15, 0.2) is 24.3 Å². The van der Waals surface area contributed by atoms with Gasteiger partial charge in [0, 0.05) is 39.5 Å². The lowest BCUT2D eigenvalue weighted by atomic mass is 10.1. The third kappa shape index (κ3) is 3.63. The molecule has 148 valence electrons. The Morgan fingerprint density at radius 2 is 1.89 bits per heavy atom. The van der Waals surface area contributed by atoms with E-state index in [9.17, 15) is 14.0 Å². The van der Waals surface area contributed by atoms with Crippen LogP contribution in [0.3, 0.4) is 0 Å². The SMILES string of the molecule is CC(=O)N1CCc2nnc(C3CCCN3C(=O)Cc3ccc(F)cc3)n2CC1. The van der Waals surface area contributed by atoms with Gasteiger partial charge in [-0.05, 0) is 30.5 Å². The van der Waals surface area contributed by atoms with Crippen LogP contribution in [0.2, 0.25) is 0 Å². The average molecular weight is 385 g/mol. The van der Waals surface area contributed by atoms with E-state index in [2.05, 4.69) is 14.8 Å². The van der Waals surface area contributed by atoms with Crippen LogP contribution in [-0.2, 0) is 29.0 Å². The standard InChI is InChI=1S/C20H24FN5O2/c1-14(27)24-10-8-18-22-23-20(26(18)12-11-24)17-3-2-9-25(17)19(28)13-15-4-6-16(21)7-5-15/h4-7,17H,2-3,8-13H2,1H3. The molecule has 0 radical (unpaired) electrons. The second-order valence-corrected chi connectivity index (χ2v) is 7.43. The molecule has 2 aliphatic rings. The number of carbonyl (C=O) groups is 2. The maximum Gasteiger partial charge on any atom is 0.227 e. The number of likely N-dealkylation sites (tertiary alicyclic amines) is 1. The van der Waals surface area contributed by atoms with E-state index in [0.717, 1.165) is 30.1 Å². The summed E-state index contributed by atoms with van der Waals surface area (Å²) in [6, 6.07) is 5.96. The van der Waals surface area contributed by atoms with Crippen molar-refractivity contribution in [2.24, 2.45) is 0 Å². The summed E-state index contributed by atoms with van der Waals surface area (Å²) in [6.07, 6.45) is 2.68. The monoisotopic (exact) mass is 385 g/mol. The number of amides is 2. The minimum atomic E-state index is -0.305. The zero-order valence-electron chi connectivity index (χ0n) is 16.0. The van der Waals surface area contributed by atoms with Crippen LogP contribution in [0.4, 0.5) is 4.39 Å². The van der Waals surface area contributed by atoms with Crippen molar-refractivity contribution in [3.8, 4) is 0 Å². The molecular weight excluding hydrogens is 361 g/mol. The van der Waals surface area contributed by atoms with Gasteiger partial charge in [0.05, 0.1) is 12.5 Å². The zero-order valence-corrected chi connectivity index (χ0v) is 16.0. The van der Waals surface area contributed by atoms with Crippen LogP contribution in [0, 0.1) is 5.82 Å². The van der Waals surface area contributed by atoms with Crippen molar-refractivity contribution in [2.45, 2.75) is 45.2 Å². The van der Waals surface area contributed by atoms with Crippen molar-refractivity contribution in [2.75, 3.05) is 19.6 Å². The molecule has 4 rings (SSSR count). The molecule has 2 amide bonds. The number of carbonyl (C=O) groups excluding carboxylic acids is 2. The lowest BCUT2D eigenvalue weighted by Crippen LogP contribution is -2.34. The highest BCUT2D eigenvalue weighted by Crippen LogP contribution is 2.32. The fourth-order valence-electron chi connectivity index (χ4n) is 4.12. The Kier molecular flexibility index (Phi) is 5.11. The summed E-state index contributed by atoms with van der Waals surface area (Å²) in [5.74, 6) is 1.46. The van der Waals surface area contributed by atoms with Crippen molar-refractivity contribution < 1.29 is 14.0 Å². The molecule has 2 aliphatic heterocycles. The number of benzene rings is 1. The van der Waals surface area contributed by atoms with Crippen molar-refractivity contribution in [1.82, 2.24) is 24.6 Å². The predicted octanol–water partition coefficient (Wildman–Crippen LogP) is 1.73. The molecule has 1 unspecified atom stereocenters. The molecule has 2 aromatic rings. The number of aromatic nitrogens is 3. The smallest absolute Gasteiger partial charge is 0.227 e. The third-order valence-corrected chi connectivity index (χ3v) is 5.64. The summed E-state index contributed by atoms with van der Waals surface area (Å²) in [4.78, 5) is 28.3. The van der Waals surface area contributed by atoms with E-state index in [1.807, 2.05) is 9.80 Å².